The van der Waals surface area contributed by atoms with Crippen molar-refractivity contribution in [2.24, 2.45) is 7.05 Å². The van der Waals surface area contributed by atoms with Gasteiger partial charge in [-0.1, -0.05) is 37.6 Å². The quantitative estimate of drug-likeness (QED) is 0.140. The summed E-state index contributed by atoms with van der Waals surface area (Å²) in [5.41, 5.74) is -0.445. The Bertz CT molecular complexity index is 2530. The number of nitrogens with zero attached hydrogens (tertiary/aromatic N) is 7. The number of rotatable bonds is 9. The summed E-state index contributed by atoms with van der Waals surface area (Å²) in [6.45, 7) is 9.84. The molecule has 1 aliphatic carbocycles. The molecule has 0 bridgehead atoms. The normalized spacial score (nSPS) is 14.6. The van der Waals surface area contributed by atoms with Gasteiger partial charge >= 0.3 is 6.03 Å². The summed E-state index contributed by atoms with van der Waals surface area (Å²) >= 11 is 6.66. The van der Waals surface area contributed by atoms with E-state index in [1.54, 1.807) is 48.4 Å². The predicted octanol–water partition coefficient (Wildman–Crippen LogP) is 9.63. The van der Waals surface area contributed by atoms with Gasteiger partial charge in [0.25, 0.3) is 12.3 Å². The van der Waals surface area contributed by atoms with Gasteiger partial charge in [-0.15, -0.1) is 0 Å². The number of nitrogens with one attached hydrogen (secondary N) is 2. The number of anilines is 1. The molecule has 4 aromatic heterocycles. The molecule has 0 fully saturated rings. The highest BCUT2D eigenvalue weighted by Crippen LogP contribution is 2.45. The monoisotopic (exact) mass is 847 g/mol. The molecular formula is C39H40ClF6N9O2S. The molecule has 0 radical (unpaired) electrons. The second-order valence-corrected chi connectivity index (χ2v) is 16.0. The van der Waals surface area contributed by atoms with Crippen LogP contribution in [-0.4, -0.2) is 50.8 Å². The smallest absolute Gasteiger partial charge is 0.327 e. The maximum Gasteiger partial charge on any atom is 0.343 e. The zero-order valence-corrected chi connectivity index (χ0v) is 34.0. The molecule has 2 atom stereocenters. The lowest BCUT2D eigenvalue weighted by molar-refractivity contribution is -0.00911. The van der Waals surface area contributed by atoms with Crippen LogP contribution in [0.3, 0.4) is 0 Å². The van der Waals surface area contributed by atoms with E-state index in [-0.39, 0.29) is 33.2 Å². The van der Waals surface area contributed by atoms with Crippen LogP contribution in [0.4, 0.5) is 37.0 Å². The molecule has 308 valence electrons. The Morgan fingerprint density at radius 3 is 2.31 bits per heavy atom. The number of halogens is 7. The minimum atomic E-state index is -3.65. The number of hydrogen-bond donors (Lipinski definition) is 2. The summed E-state index contributed by atoms with van der Waals surface area (Å²) in [5, 5.41) is 15.9. The molecule has 58 heavy (non-hydrogen) atoms. The third-order valence-corrected chi connectivity index (χ3v) is 10.2. The number of carbonyl (C=O) groups is 1. The fourth-order valence-corrected chi connectivity index (χ4v) is 7.61. The van der Waals surface area contributed by atoms with E-state index >= 15 is 8.78 Å². The van der Waals surface area contributed by atoms with Gasteiger partial charge < -0.3 is 5.32 Å². The molecule has 0 aliphatic heterocycles. The highest BCUT2D eigenvalue weighted by atomic mass is 35.5. The lowest BCUT2D eigenvalue weighted by Crippen LogP contribution is -2.37. The molecule has 2 unspecified atom stereocenters. The van der Waals surface area contributed by atoms with E-state index < -0.39 is 82.4 Å². The summed E-state index contributed by atoms with van der Waals surface area (Å²) in [6.07, 6.45) is -0.0570. The van der Waals surface area contributed by atoms with Crippen molar-refractivity contribution in [2.75, 3.05) is 11.0 Å². The fourth-order valence-electron chi connectivity index (χ4n) is 6.96. The maximum absolute atomic E-state index is 15.2. The van der Waals surface area contributed by atoms with Gasteiger partial charge in [-0.05, 0) is 63.4 Å². The van der Waals surface area contributed by atoms with Crippen LogP contribution >= 0.6 is 11.6 Å². The van der Waals surface area contributed by atoms with Crippen LogP contribution in [0.1, 0.15) is 81.7 Å². The van der Waals surface area contributed by atoms with Gasteiger partial charge in [0.2, 0.25) is 0 Å². The van der Waals surface area contributed by atoms with E-state index in [0.29, 0.717) is 39.4 Å². The molecule has 1 aliphatic rings. The molecule has 0 saturated carbocycles. The minimum absolute atomic E-state index is 0.0505. The lowest BCUT2D eigenvalue weighted by atomic mass is 9.93. The van der Waals surface area contributed by atoms with Crippen molar-refractivity contribution in [2.45, 2.75) is 77.8 Å². The van der Waals surface area contributed by atoms with E-state index in [1.807, 2.05) is 34.6 Å². The third-order valence-electron chi connectivity index (χ3n) is 9.40. The molecule has 1 amide bonds. The summed E-state index contributed by atoms with van der Waals surface area (Å²) in [5.74, 6) is -5.28. The van der Waals surface area contributed by atoms with Crippen molar-refractivity contribution in [1.82, 2.24) is 39.6 Å². The number of aromatic nitrogens is 7. The van der Waals surface area contributed by atoms with Crippen LogP contribution in [-0.2, 0) is 42.3 Å². The van der Waals surface area contributed by atoms with Gasteiger partial charge in [-0.25, -0.2) is 31.5 Å². The van der Waals surface area contributed by atoms with Gasteiger partial charge in [-0.3, -0.25) is 14.1 Å². The first-order valence-corrected chi connectivity index (χ1v) is 20.1. The highest BCUT2D eigenvalue weighted by molar-refractivity contribution is 7.85. The van der Waals surface area contributed by atoms with Gasteiger partial charge in [0.15, 0.2) is 5.82 Å². The average molecular weight is 848 g/mol. The Hall–Kier alpha value is -5.23. The van der Waals surface area contributed by atoms with E-state index in [0.717, 1.165) is 12.1 Å². The Morgan fingerprint density at radius 1 is 1.02 bits per heavy atom. The van der Waals surface area contributed by atoms with Gasteiger partial charge in [0.05, 0.1) is 45.1 Å². The van der Waals surface area contributed by atoms with Crippen molar-refractivity contribution in [3.63, 3.8) is 0 Å². The molecule has 0 saturated heterocycles. The van der Waals surface area contributed by atoms with Gasteiger partial charge in [0, 0.05) is 54.2 Å². The highest BCUT2D eigenvalue weighted by Gasteiger charge is 2.47. The number of hydrogen-bond acceptors (Lipinski definition) is 6. The molecule has 2 N–H and O–H groups in total. The van der Waals surface area contributed by atoms with Crippen molar-refractivity contribution in [3.05, 3.63) is 99.7 Å². The second-order valence-electron chi connectivity index (χ2n) is 14.4. The van der Waals surface area contributed by atoms with Crippen LogP contribution in [0.2, 0.25) is 5.02 Å². The lowest BCUT2D eigenvalue weighted by Gasteiger charge is -2.23. The SMILES string of the molecule is CC.Cn1nc(NS(C)=O)c2c(Cl)ccc(-c3ccc(-c4cnn(C(C)(C)C)c4)nc3C(Cc3cc(F)cc(F)c3)NC(=O)n3nc(C(F)F)c4c3C(F)(F)CC4)c21. The molecule has 19 heteroatoms. The number of fused-ring (bicyclic) bond motifs is 2. The summed E-state index contributed by atoms with van der Waals surface area (Å²) in [7, 11) is 0.0871. The Labute approximate surface area is 337 Å². The van der Waals surface area contributed by atoms with Crippen LogP contribution in [0.15, 0.2) is 54.9 Å². The molecule has 7 rings (SSSR count). The summed E-state index contributed by atoms with van der Waals surface area (Å²) < 4.78 is 106. The van der Waals surface area contributed by atoms with Crippen LogP contribution in [0.25, 0.3) is 33.3 Å². The van der Waals surface area contributed by atoms with E-state index in [9.17, 15) is 26.6 Å². The topological polar surface area (TPSA) is 125 Å². The molecule has 4 heterocycles. The molecular weight excluding hydrogens is 808 g/mol. The predicted molar refractivity (Wildman–Crippen MR) is 210 cm³/mol. The first-order valence-electron chi connectivity index (χ1n) is 18.2. The van der Waals surface area contributed by atoms with Gasteiger partial charge in [0.1, 0.15) is 34.0 Å². The number of carbonyl (C=O) groups excluding carboxylic acids is 1. The zero-order valence-electron chi connectivity index (χ0n) is 32.5. The van der Waals surface area contributed by atoms with Crippen molar-refractivity contribution in [1.29, 1.82) is 0 Å². The molecule has 2 aromatic carbocycles. The van der Waals surface area contributed by atoms with Crippen LogP contribution < -0.4 is 10.0 Å². The van der Waals surface area contributed by atoms with Crippen molar-refractivity contribution < 1.29 is 35.3 Å². The van der Waals surface area contributed by atoms with Crippen LogP contribution in [0, 0.1) is 11.6 Å². The number of aryl methyl sites for hydroxylation is 1. The third kappa shape index (κ3) is 8.21. The van der Waals surface area contributed by atoms with E-state index in [2.05, 4.69) is 25.3 Å². The molecule has 6 aromatic rings. The standard InChI is InChI=1S/C37H34ClF6N9O2S.C2H6/c1-36(2,3)52-17-19(16-45-52)26-9-7-22(23-6-8-25(38)28-31(23)51(4)49-34(28)50-56(5)55)29(46-26)27(14-18-12-20(39)15-21(40)13-18)47-35(54)53-32-24(10-11-37(32,43)44)30(48-53)33(41)42;1-2/h6-9,12-13,15-17,27,33H,10-11,14H2,1-5H3,(H,47,54)(H,49,50);1-2H3. The summed E-state index contributed by atoms with van der Waals surface area (Å²) in [6, 6.07) is 6.70. The number of pyridine rings is 1. The minimum Gasteiger partial charge on any atom is -0.327 e. The second kappa shape index (κ2) is 16.2. The number of benzene rings is 2. The van der Waals surface area contributed by atoms with E-state index in [1.165, 1.54) is 10.9 Å². The van der Waals surface area contributed by atoms with E-state index in [4.69, 9.17) is 16.6 Å². The largest absolute Gasteiger partial charge is 0.343 e. The van der Waals surface area contributed by atoms with Crippen LogP contribution in [0.5, 0.6) is 0 Å². The fraction of sp³-hybridized carbons (Fsp3) is 0.359. The first-order chi connectivity index (χ1) is 27.3. The molecule has 11 nitrogen and oxygen atoms in total. The zero-order chi connectivity index (χ0) is 42.4. The Balaban J connectivity index is 0.00000279. The number of amides is 1. The number of alkyl halides is 4. The average Bonchev–Trinajstić information content (AvgIpc) is 3.93. The summed E-state index contributed by atoms with van der Waals surface area (Å²) in [4.78, 5) is 19.1. The van der Waals surface area contributed by atoms with Crippen molar-refractivity contribution >= 4 is 45.3 Å². The molecule has 0 spiro atoms. The first kappa shape index (κ1) is 42.4. The Kier molecular flexibility index (Phi) is 11.8. The maximum atomic E-state index is 15.2. The van der Waals surface area contributed by atoms with Gasteiger partial charge in [-0.2, -0.15) is 28.8 Å². The van der Waals surface area contributed by atoms with Crippen molar-refractivity contribution in [3.8, 4) is 22.4 Å². The Morgan fingerprint density at radius 2 is 1.69 bits per heavy atom.